The Morgan fingerprint density at radius 3 is 2.54 bits per heavy atom. The van der Waals surface area contributed by atoms with E-state index in [9.17, 15) is 27.6 Å². The first-order valence-electron chi connectivity index (χ1n) is 11.5. The Labute approximate surface area is 208 Å². The number of nitrogens with zero attached hydrogens (tertiary/aromatic N) is 4. The summed E-state index contributed by atoms with van der Waals surface area (Å²) < 4.78 is 47.6. The van der Waals surface area contributed by atoms with Crippen LogP contribution in [0.1, 0.15) is 47.1 Å². The van der Waals surface area contributed by atoms with Crippen LogP contribution < -0.4 is 11.0 Å². The lowest BCUT2D eigenvalue weighted by molar-refractivity contribution is -0.137. The molecule has 8 nitrogen and oxygen atoms in total. The van der Waals surface area contributed by atoms with E-state index in [1.807, 2.05) is 13.8 Å². The predicted octanol–water partition coefficient (Wildman–Crippen LogP) is 4.24. The third-order valence-electron chi connectivity index (χ3n) is 5.48. The van der Waals surface area contributed by atoms with Crippen LogP contribution in [0.25, 0.3) is 16.7 Å². The molecule has 1 aromatic carbocycles. The highest BCUT2D eigenvalue weighted by molar-refractivity contribution is 5.97. The van der Waals surface area contributed by atoms with Gasteiger partial charge in [-0.3, -0.25) is 14.0 Å². The molecule has 1 amide bonds. The maximum atomic E-state index is 13.3. The maximum Gasteiger partial charge on any atom is 0.416 e. The van der Waals surface area contributed by atoms with E-state index >= 15 is 0 Å². The molecule has 0 fully saturated rings. The summed E-state index contributed by atoms with van der Waals surface area (Å²) in [5.41, 5.74) is -1.59. The summed E-state index contributed by atoms with van der Waals surface area (Å²) in [5, 5.41) is 0.0953. The summed E-state index contributed by atoms with van der Waals surface area (Å²) in [5.74, 6) is -1.87. The van der Waals surface area contributed by atoms with Crippen LogP contribution in [0.5, 0.6) is 0 Å². The number of fused-ring (bicyclic) bond motifs is 2. The molecule has 0 N–H and O–H groups in total. The van der Waals surface area contributed by atoms with Gasteiger partial charge < -0.3 is 9.30 Å². The minimum atomic E-state index is -4.65. The van der Waals surface area contributed by atoms with Crippen LogP contribution in [0.2, 0.25) is 0 Å². The van der Waals surface area contributed by atoms with Crippen molar-refractivity contribution in [2.75, 3.05) is 6.61 Å². The van der Waals surface area contributed by atoms with Gasteiger partial charge in [0, 0.05) is 18.3 Å². The summed E-state index contributed by atoms with van der Waals surface area (Å²) in [6, 6.07) is 10.1. The van der Waals surface area contributed by atoms with Crippen molar-refractivity contribution in [1.82, 2.24) is 14.0 Å². The molecular weight excluding hydrogens is 489 g/mol. The van der Waals surface area contributed by atoms with Gasteiger partial charge in [0.25, 0.3) is 11.5 Å². The third-order valence-corrected chi connectivity index (χ3v) is 5.48. The molecule has 0 aliphatic heterocycles. The second kappa shape index (κ2) is 10.00. The van der Waals surface area contributed by atoms with E-state index in [1.54, 1.807) is 25.1 Å². The number of amides is 1. The molecule has 3 heterocycles. The smallest absolute Gasteiger partial charge is 0.416 e. The Kier molecular flexibility index (Phi) is 6.97. The molecule has 192 valence electrons. The predicted molar refractivity (Wildman–Crippen MR) is 129 cm³/mol. The maximum absolute atomic E-state index is 13.3. The molecule has 37 heavy (non-hydrogen) atoms. The normalized spacial score (nSPS) is 12.5. The fourth-order valence-electron chi connectivity index (χ4n) is 3.88. The standard InChI is InChI=1S/C26H23F3N4O4/c1-4-37-25(36)19-13-18-21(30-20-10-5-6-11-32(20)24(18)35)33(14-15(2)3)22(19)31-23(34)16-8-7-9-17(12-16)26(27,28)29/h5-13,15H,4,14H2,1-3H3. The molecule has 4 aromatic rings. The first-order valence-corrected chi connectivity index (χ1v) is 11.5. The van der Waals surface area contributed by atoms with Gasteiger partial charge in [-0.2, -0.15) is 18.2 Å². The first kappa shape index (κ1) is 25.8. The number of carbonyl (C=O) groups is 2. The van der Waals surface area contributed by atoms with E-state index in [-0.39, 0.29) is 46.7 Å². The zero-order chi connectivity index (χ0) is 26.9. The number of alkyl halides is 3. The van der Waals surface area contributed by atoms with E-state index in [4.69, 9.17) is 4.74 Å². The van der Waals surface area contributed by atoms with Crippen LogP contribution in [0.15, 0.2) is 64.5 Å². The van der Waals surface area contributed by atoms with Gasteiger partial charge in [-0.15, -0.1) is 0 Å². The Bertz CT molecular complexity index is 1650. The molecule has 0 saturated heterocycles. The molecule has 0 bridgehead atoms. The van der Waals surface area contributed by atoms with Gasteiger partial charge in [0.2, 0.25) is 0 Å². The number of halogens is 3. The van der Waals surface area contributed by atoms with E-state index in [0.29, 0.717) is 11.7 Å². The van der Waals surface area contributed by atoms with Crippen molar-refractivity contribution in [3.05, 3.63) is 87.3 Å². The average Bonchev–Trinajstić information content (AvgIpc) is 2.85. The summed E-state index contributed by atoms with van der Waals surface area (Å²) in [6.45, 7) is 5.56. The van der Waals surface area contributed by atoms with Gasteiger partial charge in [0.1, 0.15) is 16.9 Å². The average molecular weight is 512 g/mol. The Morgan fingerprint density at radius 2 is 1.86 bits per heavy atom. The number of hydrogen-bond donors (Lipinski definition) is 0. The zero-order valence-corrected chi connectivity index (χ0v) is 20.2. The number of aromatic nitrogens is 3. The fourth-order valence-corrected chi connectivity index (χ4v) is 3.88. The largest absolute Gasteiger partial charge is 0.462 e. The lowest BCUT2D eigenvalue weighted by atomic mass is 10.1. The Morgan fingerprint density at radius 1 is 1.11 bits per heavy atom. The topological polar surface area (TPSA) is 95.0 Å². The molecule has 0 radical (unpaired) electrons. The number of benzene rings is 1. The van der Waals surface area contributed by atoms with Crippen molar-refractivity contribution >= 4 is 28.6 Å². The minimum Gasteiger partial charge on any atom is -0.462 e. The quantitative estimate of drug-likeness (QED) is 0.295. The van der Waals surface area contributed by atoms with Gasteiger partial charge in [-0.25, -0.2) is 9.78 Å². The van der Waals surface area contributed by atoms with Crippen LogP contribution >= 0.6 is 0 Å². The van der Waals surface area contributed by atoms with E-state index in [1.165, 1.54) is 27.3 Å². The molecule has 3 aromatic heterocycles. The molecule has 0 atom stereocenters. The summed E-state index contributed by atoms with van der Waals surface area (Å²) >= 11 is 0. The van der Waals surface area contributed by atoms with Gasteiger partial charge in [0.15, 0.2) is 5.49 Å². The number of pyridine rings is 2. The highest BCUT2D eigenvalue weighted by Gasteiger charge is 2.31. The highest BCUT2D eigenvalue weighted by atomic mass is 19.4. The van der Waals surface area contributed by atoms with Crippen LogP contribution in [0, 0.1) is 5.92 Å². The van der Waals surface area contributed by atoms with E-state index < -0.39 is 29.2 Å². The lowest BCUT2D eigenvalue weighted by Gasteiger charge is -2.16. The minimum absolute atomic E-state index is 0.0109. The number of hydrogen-bond acceptors (Lipinski definition) is 5. The van der Waals surface area contributed by atoms with Crippen molar-refractivity contribution in [3.63, 3.8) is 0 Å². The molecule has 0 aliphatic carbocycles. The summed E-state index contributed by atoms with van der Waals surface area (Å²) in [6.07, 6.45) is -3.11. The molecule has 0 unspecified atom stereocenters. The van der Waals surface area contributed by atoms with Gasteiger partial charge >= 0.3 is 12.1 Å². The van der Waals surface area contributed by atoms with Crippen molar-refractivity contribution in [2.24, 2.45) is 10.9 Å². The van der Waals surface area contributed by atoms with Crippen LogP contribution in [0.3, 0.4) is 0 Å². The molecular formula is C26H23F3N4O4. The van der Waals surface area contributed by atoms with Crippen LogP contribution in [-0.4, -0.2) is 32.4 Å². The SMILES string of the molecule is CCOC(=O)c1cc2c(=O)n3ccccc3nc2n(CC(C)C)c1=NC(=O)c1cccc(C(F)(F)F)c1. The number of ether oxygens (including phenoxy) is 1. The van der Waals surface area contributed by atoms with Crippen LogP contribution in [0.4, 0.5) is 13.2 Å². The second-order valence-corrected chi connectivity index (χ2v) is 8.69. The van der Waals surface area contributed by atoms with Crippen molar-refractivity contribution in [1.29, 1.82) is 0 Å². The molecule has 0 spiro atoms. The Hall–Kier alpha value is -4.28. The highest BCUT2D eigenvalue weighted by Crippen LogP contribution is 2.29. The summed E-state index contributed by atoms with van der Waals surface area (Å²) in [7, 11) is 0. The van der Waals surface area contributed by atoms with E-state index in [0.717, 1.165) is 12.1 Å². The van der Waals surface area contributed by atoms with Gasteiger partial charge in [-0.1, -0.05) is 26.0 Å². The Balaban J connectivity index is 2.09. The third kappa shape index (κ3) is 5.16. The number of carbonyl (C=O) groups excluding carboxylic acids is 2. The van der Waals surface area contributed by atoms with Crippen molar-refractivity contribution < 1.29 is 27.5 Å². The van der Waals surface area contributed by atoms with Gasteiger partial charge in [0.05, 0.1) is 17.6 Å². The molecule has 0 saturated carbocycles. The number of esters is 1. The monoisotopic (exact) mass is 512 g/mol. The zero-order valence-electron chi connectivity index (χ0n) is 20.2. The molecule has 11 heteroatoms. The van der Waals surface area contributed by atoms with Crippen molar-refractivity contribution in [3.8, 4) is 0 Å². The second-order valence-electron chi connectivity index (χ2n) is 8.69. The molecule has 0 aliphatic rings. The van der Waals surface area contributed by atoms with E-state index in [2.05, 4.69) is 9.98 Å². The summed E-state index contributed by atoms with van der Waals surface area (Å²) in [4.78, 5) is 48.0. The lowest BCUT2D eigenvalue weighted by Crippen LogP contribution is -2.33. The number of rotatable bonds is 5. The first-order chi connectivity index (χ1) is 17.5. The molecule has 4 rings (SSSR count). The fraction of sp³-hybridized carbons (Fsp3) is 0.269. The van der Waals surface area contributed by atoms with Crippen molar-refractivity contribution in [2.45, 2.75) is 33.5 Å². The van der Waals surface area contributed by atoms with Crippen LogP contribution in [-0.2, 0) is 17.5 Å². The van der Waals surface area contributed by atoms with Gasteiger partial charge in [-0.05, 0) is 49.2 Å².